The molecule has 0 heterocycles. The maximum Gasteiger partial charge on any atom is 0.251 e. The number of benzene rings is 1. The Labute approximate surface area is 127 Å². The van der Waals surface area contributed by atoms with Gasteiger partial charge in [-0.25, -0.2) is 0 Å². The SMILES string of the molecule is CC1CCC(CN)(NC(=O)c2ccc(N(C)C)cc2)CC1. The molecule has 0 saturated heterocycles. The highest BCUT2D eigenvalue weighted by molar-refractivity contribution is 5.95. The quantitative estimate of drug-likeness (QED) is 0.895. The van der Waals surface area contributed by atoms with Gasteiger partial charge in [0.2, 0.25) is 0 Å². The monoisotopic (exact) mass is 289 g/mol. The van der Waals surface area contributed by atoms with Gasteiger partial charge < -0.3 is 16.0 Å². The van der Waals surface area contributed by atoms with E-state index in [0.717, 1.165) is 37.3 Å². The first kappa shape index (κ1) is 15.8. The second kappa shape index (κ2) is 6.48. The molecule has 1 amide bonds. The molecule has 3 N–H and O–H groups in total. The van der Waals surface area contributed by atoms with E-state index in [1.807, 2.05) is 43.3 Å². The zero-order valence-electron chi connectivity index (χ0n) is 13.4. The first-order chi connectivity index (χ1) is 9.96. The Balaban J connectivity index is 2.05. The van der Waals surface area contributed by atoms with Crippen LogP contribution < -0.4 is 16.0 Å². The molecule has 0 atom stereocenters. The van der Waals surface area contributed by atoms with Gasteiger partial charge in [0.25, 0.3) is 5.91 Å². The van der Waals surface area contributed by atoms with Crippen LogP contribution >= 0.6 is 0 Å². The van der Waals surface area contributed by atoms with Crippen LogP contribution in [0.1, 0.15) is 43.0 Å². The van der Waals surface area contributed by atoms with Gasteiger partial charge in [-0.2, -0.15) is 0 Å². The molecular formula is C17H27N3O. The van der Waals surface area contributed by atoms with Gasteiger partial charge in [-0.05, 0) is 55.9 Å². The van der Waals surface area contributed by atoms with Crippen LogP contribution in [0.25, 0.3) is 0 Å². The number of anilines is 1. The molecule has 0 spiro atoms. The highest BCUT2D eigenvalue weighted by Gasteiger charge is 2.34. The minimum absolute atomic E-state index is 0.0136. The molecule has 0 aliphatic heterocycles. The number of carbonyl (C=O) groups is 1. The lowest BCUT2D eigenvalue weighted by molar-refractivity contribution is 0.0860. The number of rotatable bonds is 4. The topological polar surface area (TPSA) is 58.4 Å². The summed E-state index contributed by atoms with van der Waals surface area (Å²) in [7, 11) is 3.98. The summed E-state index contributed by atoms with van der Waals surface area (Å²) in [6.45, 7) is 2.78. The lowest BCUT2D eigenvalue weighted by Crippen LogP contribution is -2.55. The maximum absolute atomic E-state index is 12.5. The van der Waals surface area contributed by atoms with E-state index in [4.69, 9.17) is 5.73 Å². The Kier molecular flexibility index (Phi) is 4.88. The van der Waals surface area contributed by atoms with E-state index in [9.17, 15) is 4.79 Å². The molecule has 0 aromatic heterocycles. The van der Waals surface area contributed by atoms with Crippen LogP contribution in [0.5, 0.6) is 0 Å². The summed E-state index contributed by atoms with van der Waals surface area (Å²) in [4.78, 5) is 14.5. The number of nitrogens with one attached hydrogen (secondary N) is 1. The van der Waals surface area contributed by atoms with E-state index in [-0.39, 0.29) is 11.4 Å². The zero-order chi connectivity index (χ0) is 15.5. The van der Waals surface area contributed by atoms with Crippen molar-refractivity contribution in [1.82, 2.24) is 5.32 Å². The van der Waals surface area contributed by atoms with Crippen LogP contribution in [-0.2, 0) is 0 Å². The normalized spacial score (nSPS) is 25.4. The van der Waals surface area contributed by atoms with Gasteiger partial charge in [0.1, 0.15) is 0 Å². The van der Waals surface area contributed by atoms with Gasteiger partial charge in [-0.1, -0.05) is 6.92 Å². The van der Waals surface area contributed by atoms with Crippen molar-refractivity contribution in [2.45, 2.75) is 38.1 Å². The van der Waals surface area contributed by atoms with Crippen molar-refractivity contribution in [2.75, 3.05) is 25.5 Å². The number of hydrogen-bond acceptors (Lipinski definition) is 3. The molecular weight excluding hydrogens is 262 g/mol. The fourth-order valence-electron chi connectivity index (χ4n) is 2.92. The van der Waals surface area contributed by atoms with E-state index < -0.39 is 0 Å². The molecule has 1 saturated carbocycles. The Bertz CT molecular complexity index is 473. The summed E-state index contributed by atoms with van der Waals surface area (Å²) < 4.78 is 0. The summed E-state index contributed by atoms with van der Waals surface area (Å²) in [6, 6.07) is 7.68. The van der Waals surface area contributed by atoms with Crippen molar-refractivity contribution in [3.63, 3.8) is 0 Å². The largest absolute Gasteiger partial charge is 0.378 e. The summed E-state index contributed by atoms with van der Waals surface area (Å²) in [6.07, 6.45) is 4.23. The fourth-order valence-corrected chi connectivity index (χ4v) is 2.92. The first-order valence-corrected chi connectivity index (χ1v) is 7.76. The summed E-state index contributed by atoms with van der Waals surface area (Å²) in [5.74, 6) is 0.723. The van der Waals surface area contributed by atoms with Gasteiger partial charge in [0.15, 0.2) is 0 Å². The Morgan fingerprint density at radius 2 is 1.86 bits per heavy atom. The highest BCUT2D eigenvalue weighted by Crippen LogP contribution is 2.31. The Morgan fingerprint density at radius 3 is 2.33 bits per heavy atom. The van der Waals surface area contributed by atoms with Crippen molar-refractivity contribution in [2.24, 2.45) is 11.7 Å². The van der Waals surface area contributed by atoms with E-state index in [1.165, 1.54) is 0 Å². The number of carbonyl (C=O) groups excluding carboxylic acids is 1. The van der Waals surface area contributed by atoms with Crippen LogP contribution in [-0.4, -0.2) is 32.1 Å². The minimum atomic E-state index is -0.218. The average molecular weight is 289 g/mol. The summed E-state index contributed by atoms with van der Waals surface area (Å²) in [5, 5.41) is 3.19. The van der Waals surface area contributed by atoms with Gasteiger partial charge in [0, 0.05) is 31.9 Å². The molecule has 116 valence electrons. The van der Waals surface area contributed by atoms with Gasteiger partial charge in [-0.15, -0.1) is 0 Å². The van der Waals surface area contributed by atoms with Gasteiger partial charge in [-0.3, -0.25) is 4.79 Å². The predicted molar refractivity (Wildman–Crippen MR) is 87.7 cm³/mol. The predicted octanol–water partition coefficient (Wildman–Crippen LogP) is 2.39. The van der Waals surface area contributed by atoms with Crippen molar-refractivity contribution in [1.29, 1.82) is 0 Å². The molecule has 0 bridgehead atoms. The van der Waals surface area contributed by atoms with E-state index >= 15 is 0 Å². The highest BCUT2D eigenvalue weighted by atomic mass is 16.1. The third-order valence-corrected chi connectivity index (χ3v) is 4.65. The van der Waals surface area contributed by atoms with Gasteiger partial charge in [0.05, 0.1) is 5.54 Å². The average Bonchev–Trinajstić information content (AvgIpc) is 2.50. The van der Waals surface area contributed by atoms with Crippen LogP contribution in [0.2, 0.25) is 0 Å². The lowest BCUT2D eigenvalue weighted by atomic mass is 9.77. The van der Waals surface area contributed by atoms with Gasteiger partial charge >= 0.3 is 0 Å². The van der Waals surface area contributed by atoms with Crippen molar-refractivity contribution in [3.05, 3.63) is 29.8 Å². The molecule has 2 rings (SSSR count). The van der Waals surface area contributed by atoms with Crippen LogP contribution in [0.15, 0.2) is 24.3 Å². The van der Waals surface area contributed by atoms with E-state index in [1.54, 1.807) is 0 Å². The number of nitrogens with zero attached hydrogens (tertiary/aromatic N) is 1. The molecule has 1 fully saturated rings. The summed E-state index contributed by atoms with van der Waals surface area (Å²) in [5.41, 5.74) is 7.52. The van der Waals surface area contributed by atoms with E-state index in [0.29, 0.717) is 12.1 Å². The van der Waals surface area contributed by atoms with Crippen LogP contribution in [0.3, 0.4) is 0 Å². The molecule has 4 heteroatoms. The molecule has 21 heavy (non-hydrogen) atoms. The number of nitrogens with two attached hydrogens (primary N) is 1. The van der Waals surface area contributed by atoms with Crippen molar-refractivity contribution >= 4 is 11.6 Å². The second-order valence-corrected chi connectivity index (χ2v) is 6.56. The third kappa shape index (κ3) is 3.76. The maximum atomic E-state index is 12.5. The third-order valence-electron chi connectivity index (χ3n) is 4.65. The van der Waals surface area contributed by atoms with Crippen molar-refractivity contribution in [3.8, 4) is 0 Å². The Morgan fingerprint density at radius 1 is 1.29 bits per heavy atom. The summed E-state index contributed by atoms with van der Waals surface area (Å²) >= 11 is 0. The zero-order valence-corrected chi connectivity index (χ0v) is 13.4. The second-order valence-electron chi connectivity index (χ2n) is 6.56. The smallest absolute Gasteiger partial charge is 0.251 e. The first-order valence-electron chi connectivity index (χ1n) is 7.76. The molecule has 1 aromatic rings. The van der Waals surface area contributed by atoms with E-state index in [2.05, 4.69) is 12.2 Å². The van der Waals surface area contributed by atoms with Crippen LogP contribution in [0, 0.1) is 5.92 Å². The molecule has 0 unspecified atom stereocenters. The molecule has 1 aliphatic carbocycles. The molecule has 1 aromatic carbocycles. The molecule has 1 aliphatic rings. The Hall–Kier alpha value is -1.55. The number of amides is 1. The number of hydrogen-bond donors (Lipinski definition) is 2. The van der Waals surface area contributed by atoms with Crippen LogP contribution in [0.4, 0.5) is 5.69 Å². The fraction of sp³-hybridized carbons (Fsp3) is 0.588. The molecule has 4 nitrogen and oxygen atoms in total. The standard InChI is InChI=1S/C17H27N3O/c1-13-8-10-17(12-18,11-9-13)19-16(21)14-4-6-15(7-5-14)20(2)3/h4-7,13H,8-12,18H2,1-3H3,(H,19,21). The van der Waals surface area contributed by atoms with Crippen molar-refractivity contribution < 1.29 is 4.79 Å². The lowest BCUT2D eigenvalue weighted by Gasteiger charge is -2.39. The minimum Gasteiger partial charge on any atom is -0.378 e. The molecule has 0 radical (unpaired) electrons.